The fourth-order valence-electron chi connectivity index (χ4n) is 5.57. The molecule has 0 spiro atoms. The number of ketones is 2. The second-order valence-corrected chi connectivity index (χ2v) is 9.10. The molecule has 3 aliphatic rings. The second kappa shape index (κ2) is 8.89. The van der Waals surface area contributed by atoms with Gasteiger partial charge in [0.25, 0.3) is 0 Å². The Hall–Kier alpha value is -3.74. The van der Waals surface area contributed by atoms with Crippen LogP contribution in [-0.4, -0.2) is 33.0 Å². The number of hydrogen-bond acceptors (Lipinski definition) is 6. The van der Waals surface area contributed by atoms with E-state index in [4.69, 9.17) is 0 Å². The van der Waals surface area contributed by atoms with Crippen LogP contribution in [0.4, 0.5) is 5.69 Å². The number of nitro benzene ring substituents is 1. The molecule has 34 heavy (non-hydrogen) atoms. The number of phenols is 1. The molecule has 0 saturated heterocycles. The first-order valence-corrected chi connectivity index (χ1v) is 11.8. The van der Waals surface area contributed by atoms with Crippen LogP contribution in [0.25, 0.3) is 0 Å². The highest BCUT2D eigenvalue weighted by atomic mass is 16.6. The van der Waals surface area contributed by atoms with E-state index in [0.29, 0.717) is 36.1 Å². The van der Waals surface area contributed by atoms with Gasteiger partial charge in [-0.25, -0.2) is 0 Å². The largest absolute Gasteiger partial charge is 0.502 e. The molecule has 2 aliphatic carbocycles. The first-order valence-electron chi connectivity index (χ1n) is 11.8. The van der Waals surface area contributed by atoms with Crippen molar-refractivity contribution in [3.8, 4) is 5.75 Å². The van der Waals surface area contributed by atoms with Crippen LogP contribution in [0.1, 0.15) is 55.6 Å². The number of Topliss-reactive ketones (excluding diaryl/α,β-unsaturated/α-hetero) is 2. The van der Waals surface area contributed by atoms with Crippen LogP contribution in [0, 0.1) is 10.1 Å². The van der Waals surface area contributed by atoms with Crippen molar-refractivity contribution >= 4 is 17.3 Å². The van der Waals surface area contributed by atoms with E-state index < -0.39 is 22.3 Å². The van der Waals surface area contributed by atoms with Gasteiger partial charge in [0.15, 0.2) is 17.3 Å². The molecule has 0 saturated carbocycles. The minimum Gasteiger partial charge on any atom is -0.502 e. The van der Waals surface area contributed by atoms with Gasteiger partial charge in [0, 0.05) is 53.9 Å². The molecule has 2 aromatic rings. The number of nitrogens with zero attached hydrogens (tertiary/aromatic N) is 2. The summed E-state index contributed by atoms with van der Waals surface area (Å²) < 4.78 is 0. The molecule has 2 aromatic carbocycles. The van der Waals surface area contributed by atoms with Crippen molar-refractivity contribution in [3.63, 3.8) is 0 Å². The Morgan fingerprint density at radius 3 is 2.12 bits per heavy atom. The minimum absolute atomic E-state index is 0.00314. The van der Waals surface area contributed by atoms with Crippen LogP contribution in [0.2, 0.25) is 0 Å². The maximum absolute atomic E-state index is 13.3. The van der Waals surface area contributed by atoms with E-state index in [1.165, 1.54) is 17.7 Å². The van der Waals surface area contributed by atoms with E-state index in [9.17, 15) is 24.8 Å². The highest BCUT2D eigenvalue weighted by molar-refractivity contribution is 6.06. The normalized spacial score (nSPS) is 18.8. The number of hydrogen-bond donors (Lipinski definition) is 1. The average Bonchev–Trinajstić information content (AvgIpc) is 2.83. The monoisotopic (exact) mass is 458 g/mol. The van der Waals surface area contributed by atoms with Crippen molar-refractivity contribution in [1.29, 1.82) is 0 Å². The molecule has 0 fully saturated rings. The fourth-order valence-corrected chi connectivity index (χ4v) is 5.57. The summed E-state index contributed by atoms with van der Waals surface area (Å²) >= 11 is 0. The summed E-state index contributed by atoms with van der Waals surface area (Å²) in [5, 5.41) is 21.5. The van der Waals surface area contributed by atoms with Gasteiger partial charge < -0.3 is 10.0 Å². The summed E-state index contributed by atoms with van der Waals surface area (Å²) in [6, 6.07) is 14.3. The van der Waals surface area contributed by atoms with Crippen LogP contribution in [-0.2, 0) is 16.0 Å². The van der Waals surface area contributed by atoms with Gasteiger partial charge in [0.1, 0.15) is 0 Å². The SMILES string of the molecule is O=C1CCCC2=C1C(c1ccc(O)c([N+](=O)[O-])c1)C1=C(CCCC1=O)N2CCc1ccccc1. The molecule has 1 N–H and O–H groups in total. The summed E-state index contributed by atoms with van der Waals surface area (Å²) in [4.78, 5) is 39.7. The van der Waals surface area contributed by atoms with Gasteiger partial charge in [-0.2, -0.15) is 0 Å². The smallest absolute Gasteiger partial charge is 0.310 e. The average molecular weight is 459 g/mol. The van der Waals surface area contributed by atoms with E-state index >= 15 is 0 Å². The first-order chi connectivity index (χ1) is 16.5. The van der Waals surface area contributed by atoms with Gasteiger partial charge in [-0.15, -0.1) is 0 Å². The molecule has 1 heterocycles. The quantitative estimate of drug-likeness (QED) is 0.502. The molecule has 1 aliphatic heterocycles. The highest BCUT2D eigenvalue weighted by Crippen LogP contribution is 2.49. The predicted molar refractivity (Wildman–Crippen MR) is 126 cm³/mol. The zero-order chi connectivity index (χ0) is 23.8. The Morgan fingerprint density at radius 2 is 1.53 bits per heavy atom. The fraction of sp³-hybridized carbons (Fsp3) is 0.333. The first kappa shape index (κ1) is 22.1. The van der Waals surface area contributed by atoms with E-state index in [-0.39, 0.29) is 11.6 Å². The van der Waals surface area contributed by atoms with E-state index in [0.717, 1.165) is 43.5 Å². The number of carbonyl (C=O) groups is 2. The predicted octanol–water partition coefficient (Wildman–Crippen LogP) is 4.96. The molecule has 0 unspecified atom stereocenters. The molecule has 0 atom stereocenters. The summed E-state index contributed by atoms with van der Waals surface area (Å²) in [5.41, 5.74) is 4.36. The van der Waals surface area contributed by atoms with Gasteiger partial charge in [0.05, 0.1) is 4.92 Å². The lowest BCUT2D eigenvalue weighted by atomic mass is 9.71. The number of nitro groups is 1. The summed E-state index contributed by atoms with van der Waals surface area (Å²) in [7, 11) is 0. The standard InChI is InChI=1S/C27H26N2O5/c30-22-13-12-18(16-21(22)29(33)34)25-26-19(8-4-10-23(26)31)28(15-14-17-6-2-1-3-7-17)20-9-5-11-24(32)27(20)25/h1-3,6-7,12-13,16,25,30H,4-5,8-11,14-15H2. The Labute approximate surface area is 197 Å². The summed E-state index contributed by atoms with van der Waals surface area (Å²) in [6.45, 7) is 0.671. The Kier molecular flexibility index (Phi) is 5.77. The number of allylic oxidation sites excluding steroid dienone is 4. The molecule has 174 valence electrons. The molecule has 0 amide bonds. The molecule has 7 heteroatoms. The second-order valence-electron chi connectivity index (χ2n) is 9.10. The lowest BCUT2D eigenvalue weighted by Crippen LogP contribution is -2.39. The zero-order valence-corrected chi connectivity index (χ0v) is 18.8. The van der Waals surface area contributed by atoms with Gasteiger partial charge in [-0.05, 0) is 49.3 Å². The van der Waals surface area contributed by atoms with Crippen molar-refractivity contribution in [2.45, 2.75) is 50.9 Å². The van der Waals surface area contributed by atoms with Gasteiger partial charge in [-0.1, -0.05) is 36.4 Å². The maximum atomic E-state index is 13.3. The van der Waals surface area contributed by atoms with Gasteiger partial charge >= 0.3 is 5.69 Å². The van der Waals surface area contributed by atoms with Crippen LogP contribution in [0.15, 0.2) is 71.1 Å². The molecule has 5 rings (SSSR count). The molecule has 0 bridgehead atoms. The van der Waals surface area contributed by atoms with E-state index in [1.807, 2.05) is 18.2 Å². The van der Waals surface area contributed by atoms with E-state index in [1.54, 1.807) is 6.07 Å². The zero-order valence-electron chi connectivity index (χ0n) is 18.8. The Morgan fingerprint density at radius 1 is 0.912 bits per heavy atom. The van der Waals surface area contributed by atoms with Crippen molar-refractivity contribution in [1.82, 2.24) is 4.90 Å². The lowest BCUT2D eigenvalue weighted by Gasteiger charge is -2.44. The summed E-state index contributed by atoms with van der Waals surface area (Å²) in [5.74, 6) is -1.06. The van der Waals surface area contributed by atoms with E-state index in [2.05, 4.69) is 17.0 Å². The third-order valence-corrected chi connectivity index (χ3v) is 7.08. The van der Waals surface area contributed by atoms with Crippen LogP contribution < -0.4 is 0 Å². The topological polar surface area (TPSA) is 101 Å². The van der Waals surface area contributed by atoms with Crippen molar-refractivity contribution in [2.75, 3.05) is 6.54 Å². The van der Waals surface area contributed by atoms with Gasteiger partial charge in [-0.3, -0.25) is 19.7 Å². The lowest BCUT2D eigenvalue weighted by molar-refractivity contribution is -0.385. The van der Waals surface area contributed by atoms with Crippen LogP contribution >= 0.6 is 0 Å². The number of rotatable bonds is 5. The minimum atomic E-state index is -0.635. The Bertz CT molecular complexity index is 1200. The molecule has 7 nitrogen and oxygen atoms in total. The molecular formula is C27H26N2O5. The number of aromatic hydroxyl groups is 1. The molecule has 0 radical (unpaired) electrons. The number of phenolic OH excluding ortho intramolecular Hbond substituents is 1. The van der Waals surface area contributed by atoms with Crippen molar-refractivity contribution in [3.05, 3.63) is 92.3 Å². The third-order valence-electron chi connectivity index (χ3n) is 7.08. The van der Waals surface area contributed by atoms with Gasteiger partial charge in [0.2, 0.25) is 0 Å². The van der Waals surface area contributed by atoms with Crippen LogP contribution in [0.3, 0.4) is 0 Å². The molecule has 0 aromatic heterocycles. The Balaban J connectivity index is 1.65. The van der Waals surface area contributed by atoms with Crippen LogP contribution in [0.5, 0.6) is 5.75 Å². The third kappa shape index (κ3) is 3.81. The summed E-state index contributed by atoms with van der Waals surface area (Å²) in [6.07, 6.45) is 4.55. The van der Waals surface area contributed by atoms with Crippen molar-refractivity contribution < 1.29 is 19.6 Å². The number of benzene rings is 2. The molecular weight excluding hydrogens is 432 g/mol. The van der Waals surface area contributed by atoms with Crippen molar-refractivity contribution in [2.24, 2.45) is 0 Å². The highest BCUT2D eigenvalue weighted by Gasteiger charge is 2.43. The maximum Gasteiger partial charge on any atom is 0.310 e. The number of carbonyl (C=O) groups excluding carboxylic acids is 2.